The first kappa shape index (κ1) is 16.6. The highest BCUT2D eigenvalue weighted by atomic mass is 15.0. The number of hydrogen-bond donors (Lipinski definition) is 0. The van der Waals surface area contributed by atoms with Crippen LogP contribution >= 0.6 is 0 Å². The number of nitrogens with zero attached hydrogens (tertiary/aromatic N) is 3. The van der Waals surface area contributed by atoms with Crippen molar-refractivity contribution < 1.29 is 4.57 Å². The number of rotatable bonds is 1. The van der Waals surface area contributed by atoms with Gasteiger partial charge in [0.05, 0.1) is 21.8 Å². The van der Waals surface area contributed by atoms with Gasteiger partial charge in [0, 0.05) is 23.0 Å². The summed E-state index contributed by atoms with van der Waals surface area (Å²) in [6.07, 6.45) is 9.49. The molecule has 0 atom stereocenters. The minimum atomic E-state index is 0.687. The predicted molar refractivity (Wildman–Crippen MR) is 124 cm³/mol. The second-order valence-corrected chi connectivity index (χ2v) is 9.12. The van der Waals surface area contributed by atoms with Crippen LogP contribution in [-0.2, 0) is 7.05 Å². The third-order valence-electron chi connectivity index (χ3n) is 7.44. The van der Waals surface area contributed by atoms with Gasteiger partial charge in [-0.1, -0.05) is 31.0 Å². The Morgan fingerprint density at radius 3 is 2.73 bits per heavy atom. The molecule has 1 fully saturated rings. The molecular weight excluding hydrogens is 366 g/mol. The van der Waals surface area contributed by atoms with Gasteiger partial charge in [0.2, 0.25) is 5.52 Å². The molecule has 0 bridgehead atoms. The largest absolute Gasteiger partial charge is 0.292 e. The summed E-state index contributed by atoms with van der Waals surface area (Å²) < 4.78 is 4.75. The number of hydrogen-bond acceptors (Lipinski definition) is 1. The Hall–Kier alpha value is -3.20. The minimum absolute atomic E-state index is 0.687. The fourth-order valence-electron chi connectivity index (χ4n) is 6.04. The van der Waals surface area contributed by atoms with E-state index in [1.165, 1.54) is 80.3 Å². The van der Waals surface area contributed by atoms with Crippen LogP contribution in [0.1, 0.15) is 42.7 Å². The Morgan fingerprint density at radius 2 is 1.87 bits per heavy atom. The van der Waals surface area contributed by atoms with Gasteiger partial charge in [0.15, 0.2) is 6.20 Å². The van der Waals surface area contributed by atoms with Crippen molar-refractivity contribution in [1.82, 2.24) is 9.38 Å². The van der Waals surface area contributed by atoms with Gasteiger partial charge in [0.25, 0.3) is 0 Å². The smallest absolute Gasteiger partial charge is 0.224 e. The first-order valence-corrected chi connectivity index (χ1v) is 11.1. The molecule has 0 radical (unpaired) electrons. The zero-order chi connectivity index (χ0) is 20.0. The fraction of sp³-hybridized carbons (Fsp3) is 0.259. The second kappa shape index (κ2) is 5.69. The average molecular weight is 391 g/mol. The molecule has 1 saturated carbocycles. The molecule has 0 spiro atoms. The van der Waals surface area contributed by atoms with Gasteiger partial charge < -0.3 is 0 Å². The zero-order valence-corrected chi connectivity index (χ0v) is 17.4. The second-order valence-electron chi connectivity index (χ2n) is 9.12. The molecule has 0 N–H and O–H groups in total. The first-order valence-electron chi connectivity index (χ1n) is 11.1. The average Bonchev–Trinajstić information content (AvgIpc) is 3.41. The summed E-state index contributed by atoms with van der Waals surface area (Å²) in [5.41, 5.74) is 7.83. The van der Waals surface area contributed by atoms with Crippen LogP contribution in [0, 0.1) is 6.92 Å². The van der Waals surface area contributed by atoms with E-state index in [1.807, 2.05) is 6.20 Å². The lowest BCUT2D eigenvalue weighted by Gasteiger charge is -2.16. The van der Waals surface area contributed by atoms with Crippen LogP contribution in [0.2, 0.25) is 0 Å². The molecule has 7 rings (SSSR count). The molecule has 3 nitrogen and oxygen atoms in total. The molecule has 0 aliphatic heterocycles. The van der Waals surface area contributed by atoms with Crippen molar-refractivity contribution in [3.05, 3.63) is 66.0 Å². The zero-order valence-electron chi connectivity index (χ0n) is 17.4. The molecule has 3 heteroatoms. The van der Waals surface area contributed by atoms with E-state index in [-0.39, 0.29) is 0 Å². The molecule has 146 valence electrons. The van der Waals surface area contributed by atoms with Gasteiger partial charge in [-0.15, -0.1) is 0 Å². The van der Waals surface area contributed by atoms with Gasteiger partial charge in [-0.05, 0) is 60.4 Å². The van der Waals surface area contributed by atoms with E-state index in [1.54, 1.807) is 0 Å². The molecule has 1 aliphatic rings. The Labute approximate surface area is 174 Å². The van der Waals surface area contributed by atoms with Crippen LogP contribution in [-0.4, -0.2) is 9.38 Å². The highest BCUT2D eigenvalue weighted by molar-refractivity contribution is 6.25. The molecule has 30 heavy (non-hydrogen) atoms. The molecule has 0 unspecified atom stereocenters. The van der Waals surface area contributed by atoms with Crippen molar-refractivity contribution in [3.8, 4) is 0 Å². The van der Waals surface area contributed by atoms with Crippen LogP contribution in [0.4, 0.5) is 0 Å². The minimum Gasteiger partial charge on any atom is -0.292 e. The first-order chi connectivity index (χ1) is 14.7. The van der Waals surface area contributed by atoms with Crippen molar-refractivity contribution in [2.24, 2.45) is 7.05 Å². The van der Waals surface area contributed by atoms with E-state index < -0.39 is 0 Å². The maximum Gasteiger partial charge on any atom is 0.224 e. The molecular formula is C27H24N3+. The van der Waals surface area contributed by atoms with E-state index in [4.69, 9.17) is 4.98 Å². The van der Waals surface area contributed by atoms with Crippen molar-refractivity contribution in [2.75, 3.05) is 0 Å². The fourth-order valence-corrected chi connectivity index (χ4v) is 6.04. The van der Waals surface area contributed by atoms with E-state index in [2.05, 4.69) is 71.6 Å². The van der Waals surface area contributed by atoms with Gasteiger partial charge in [-0.25, -0.2) is 9.55 Å². The van der Waals surface area contributed by atoms with Crippen molar-refractivity contribution >= 4 is 49.1 Å². The van der Waals surface area contributed by atoms with Crippen LogP contribution in [0.5, 0.6) is 0 Å². The molecule has 4 heterocycles. The van der Waals surface area contributed by atoms with Crippen molar-refractivity contribution in [2.45, 2.75) is 38.5 Å². The summed E-state index contributed by atoms with van der Waals surface area (Å²) in [5, 5.41) is 6.59. The Morgan fingerprint density at radius 1 is 1.00 bits per heavy atom. The van der Waals surface area contributed by atoms with E-state index in [0.717, 1.165) is 5.65 Å². The molecule has 0 saturated heterocycles. The normalized spacial score (nSPS) is 15.7. The molecule has 1 aliphatic carbocycles. The Balaban J connectivity index is 1.83. The van der Waals surface area contributed by atoms with Crippen LogP contribution in [0.15, 0.2) is 54.9 Å². The van der Waals surface area contributed by atoms with Crippen LogP contribution in [0.25, 0.3) is 49.1 Å². The quantitative estimate of drug-likeness (QED) is 0.187. The number of fused-ring (bicyclic) bond motifs is 5. The van der Waals surface area contributed by atoms with Crippen molar-refractivity contribution in [1.29, 1.82) is 0 Å². The maximum absolute atomic E-state index is 4.86. The Kier molecular flexibility index (Phi) is 3.15. The SMILES string of the molecule is Cc1ccc2c3cccnc3n3c4cc(C5CCCC5)cc5cc[n+](C)c(c1c23)c54. The summed E-state index contributed by atoms with van der Waals surface area (Å²) in [6, 6.07) is 16.0. The van der Waals surface area contributed by atoms with E-state index in [0.29, 0.717) is 5.92 Å². The van der Waals surface area contributed by atoms with Gasteiger partial charge >= 0.3 is 0 Å². The predicted octanol–water partition coefficient (Wildman–Crippen LogP) is 6.18. The third kappa shape index (κ3) is 1.95. The molecule has 4 aromatic heterocycles. The summed E-state index contributed by atoms with van der Waals surface area (Å²) in [6.45, 7) is 2.24. The molecule has 0 amide bonds. The number of benzene rings is 2. The molecule has 6 aromatic rings. The number of pyridine rings is 3. The van der Waals surface area contributed by atoms with E-state index in [9.17, 15) is 0 Å². The van der Waals surface area contributed by atoms with E-state index >= 15 is 0 Å². The van der Waals surface area contributed by atoms with Gasteiger partial charge in [0.1, 0.15) is 12.7 Å². The lowest BCUT2D eigenvalue weighted by atomic mass is 9.92. The monoisotopic (exact) mass is 390 g/mol. The molecule has 2 aromatic carbocycles. The van der Waals surface area contributed by atoms with Crippen LogP contribution in [0.3, 0.4) is 0 Å². The highest BCUT2D eigenvalue weighted by Gasteiger charge is 2.26. The number of aryl methyl sites for hydroxylation is 2. The lowest BCUT2D eigenvalue weighted by molar-refractivity contribution is -0.643. The topological polar surface area (TPSA) is 21.2 Å². The summed E-state index contributed by atoms with van der Waals surface area (Å²) in [5.74, 6) is 0.687. The maximum atomic E-state index is 4.86. The highest BCUT2D eigenvalue weighted by Crippen LogP contribution is 2.42. The third-order valence-corrected chi connectivity index (χ3v) is 7.44. The van der Waals surface area contributed by atoms with Crippen LogP contribution < -0.4 is 4.57 Å². The number of aromatic nitrogens is 3. The summed E-state index contributed by atoms with van der Waals surface area (Å²) >= 11 is 0. The Bertz CT molecular complexity index is 1620. The van der Waals surface area contributed by atoms with Crippen molar-refractivity contribution in [3.63, 3.8) is 0 Å². The summed E-state index contributed by atoms with van der Waals surface area (Å²) in [7, 11) is 2.18. The van der Waals surface area contributed by atoms with Gasteiger partial charge in [-0.3, -0.25) is 4.40 Å². The van der Waals surface area contributed by atoms with Gasteiger partial charge in [-0.2, -0.15) is 0 Å². The summed E-state index contributed by atoms with van der Waals surface area (Å²) in [4.78, 5) is 4.86. The standard InChI is InChI=1S/C27H24N3/c1-16-9-10-20-21-8-5-12-28-27(21)30-22-15-19(17-6-3-4-7-17)14-18-11-13-29(2)26(24(18)22)23(16)25(20)30/h5,8-15,17H,3-4,6-7H2,1-2H3/q+1. The lowest BCUT2D eigenvalue weighted by Crippen LogP contribution is -2.29.